The average Bonchev–Trinajstić information content (AvgIpc) is 2.17. The second-order valence-corrected chi connectivity index (χ2v) is 3.10. The molecule has 5 heteroatoms. The first kappa shape index (κ1) is 11.9. The van der Waals surface area contributed by atoms with Crippen LogP contribution in [-0.4, -0.2) is 22.8 Å². The lowest BCUT2D eigenvalue weighted by Gasteiger charge is -2.05. The van der Waals surface area contributed by atoms with Gasteiger partial charge in [0.25, 0.3) is 0 Å². The maximum atomic E-state index is 11.1. The number of ether oxygens (including phenoxy) is 1. The summed E-state index contributed by atoms with van der Waals surface area (Å²) in [6.45, 7) is 1.96. The van der Waals surface area contributed by atoms with E-state index < -0.39 is 5.97 Å². The van der Waals surface area contributed by atoms with E-state index in [2.05, 4.69) is 0 Å². The lowest BCUT2D eigenvalue weighted by molar-refractivity contribution is -0.142. The van der Waals surface area contributed by atoms with Gasteiger partial charge in [0.1, 0.15) is 23.1 Å². The molecule has 1 rings (SSSR count). The summed E-state index contributed by atoms with van der Waals surface area (Å²) in [5.74, 6) is -1.14. The Morgan fingerprint density at radius 2 is 2.00 bits per heavy atom. The van der Waals surface area contributed by atoms with Crippen molar-refractivity contribution in [1.82, 2.24) is 0 Å². The van der Waals surface area contributed by atoms with Crippen molar-refractivity contribution in [1.29, 1.82) is 5.26 Å². The minimum Gasteiger partial charge on any atom is -0.506 e. The number of esters is 1. The van der Waals surface area contributed by atoms with Crippen LogP contribution in [0.3, 0.4) is 0 Å². The number of hydrogen-bond donors (Lipinski definition) is 2. The largest absolute Gasteiger partial charge is 0.506 e. The summed E-state index contributed by atoms with van der Waals surface area (Å²) >= 11 is 0. The van der Waals surface area contributed by atoms with Gasteiger partial charge >= 0.3 is 5.97 Å². The molecule has 0 aliphatic rings. The van der Waals surface area contributed by atoms with Gasteiger partial charge in [0.15, 0.2) is 0 Å². The van der Waals surface area contributed by atoms with E-state index in [-0.39, 0.29) is 30.1 Å². The number of hydrogen-bond acceptors (Lipinski definition) is 5. The van der Waals surface area contributed by atoms with Crippen LogP contribution in [0.2, 0.25) is 0 Å². The molecule has 0 atom stereocenters. The highest BCUT2D eigenvalue weighted by molar-refractivity contribution is 5.73. The zero-order valence-electron chi connectivity index (χ0n) is 8.73. The highest BCUT2D eigenvalue weighted by Crippen LogP contribution is 2.28. The molecule has 0 saturated carbocycles. The molecule has 0 aliphatic carbocycles. The van der Waals surface area contributed by atoms with E-state index in [1.807, 2.05) is 0 Å². The van der Waals surface area contributed by atoms with Crippen molar-refractivity contribution < 1.29 is 19.7 Å². The van der Waals surface area contributed by atoms with Gasteiger partial charge in [-0.05, 0) is 24.6 Å². The van der Waals surface area contributed by atoms with Crippen LogP contribution >= 0.6 is 0 Å². The second kappa shape index (κ2) is 5.03. The van der Waals surface area contributed by atoms with Gasteiger partial charge in [0.2, 0.25) is 0 Å². The SMILES string of the molecule is CCOC(=O)Cc1cc(O)c(C#N)c(O)c1. The molecule has 0 amide bonds. The van der Waals surface area contributed by atoms with Crippen molar-refractivity contribution in [3.8, 4) is 17.6 Å². The Balaban J connectivity index is 2.93. The molecule has 0 saturated heterocycles. The van der Waals surface area contributed by atoms with Crippen molar-refractivity contribution in [2.24, 2.45) is 0 Å². The molecule has 0 aliphatic heterocycles. The van der Waals surface area contributed by atoms with Gasteiger partial charge in [-0.15, -0.1) is 0 Å². The Morgan fingerprint density at radius 3 is 2.44 bits per heavy atom. The number of nitriles is 1. The standard InChI is InChI=1S/C11H11NO4/c1-2-16-11(15)5-7-3-9(13)8(6-12)10(14)4-7/h3-4,13-14H,2,5H2,1H3. The molecular formula is C11H11NO4. The van der Waals surface area contributed by atoms with Gasteiger partial charge in [-0.25, -0.2) is 0 Å². The zero-order chi connectivity index (χ0) is 12.1. The molecule has 0 heterocycles. The molecule has 1 aromatic carbocycles. The normalized spacial score (nSPS) is 9.50. The van der Waals surface area contributed by atoms with Crippen LogP contribution in [0.4, 0.5) is 0 Å². The molecule has 16 heavy (non-hydrogen) atoms. The third-order valence-corrected chi connectivity index (χ3v) is 1.92. The average molecular weight is 221 g/mol. The molecule has 0 bridgehead atoms. The molecule has 0 aromatic heterocycles. The first-order valence-corrected chi connectivity index (χ1v) is 4.69. The fraction of sp³-hybridized carbons (Fsp3) is 0.273. The Morgan fingerprint density at radius 1 is 1.44 bits per heavy atom. The Bertz CT molecular complexity index is 425. The van der Waals surface area contributed by atoms with Gasteiger partial charge < -0.3 is 14.9 Å². The maximum Gasteiger partial charge on any atom is 0.310 e. The molecule has 1 aromatic rings. The Labute approximate surface area is 92.5 Å². The van der Waals surface area contributed by atoms with Crippen LogP contribution in [0.25, 0.3) is 0 Å². The van der Waals surface area contributed by atoms with Crippen LogP contribution < -0.4 is 0 Å². The van der Waals surface area contributed by atoms with Gasteiger partial charge in [-0.1, -0.05) is 0 Å². The number of phenolic OH excluding ortho intramolecular Hbond substituents is 2. The topological polar surface area (TPSA) is 90.5 Å². The molecule has 0 fully saturated rings. The highest BCUT2D eigenvalue weighted by Gasteiger charge is 2.11. The molecule has 84 valence electrons. The predicted octanol–water partition coefficient (Wildman–Crippen LogP) is 1.08. The molecule has 0 unspecified atom stereocenters. The Hall–Kier alpha value is -2.22. The number of benzene rings is 1. The lowest BCUT2D eigenvalue weighted by Crippen LogP contribution is -2.07. The third kappa shape index (κ3) is 2.64. The van der Waals surface area contributed by atoms with Crippen molar-refractivity contribution in [3.05, 3.63) is 23.3 Å². The van der Waals surface area contributed by atoms with Gasteiger partial charge in [-0.2, -0.15) is 5.26 Å². The Kier molecular flexibility index (Phi) is 3.72. The van der Waals surface area contributed by atoms with Crippen LogP contribution in [-0.2, 0) is 16.0 Å². The van der Waals surface area contributed by atoms with E-state index in [1.54, 1.807) is 13.0 Å². The summed E-state index contributed by atoms with van der Waals surface area (Å²) in [6.07, 6.45) is -0.0549. The molecule has 0 radical (unpaired) electrons. The monoisotopic (exact) mass is 221 g/mol. The number of nitrogens with zero attached hydrogens (tertiary/aromatic N) is 1. The van der Waals surface area contributed by atoms with E-state index in [0.717, 1.165) is 0 Å². The van der Waals surface area contributed by atoms with Crippen LogP contribution in [0.5, 0.6) is 11.5 Å². The number of carbonyl (C=O) groups is 1. The van der Waals surface area contributed by atoms with E-state index in [0.29, 0.717) is 5.56 Å². The van der Waals surface area contributed by atoms with Gasteiger partial charge in [0, 0.05) is 0 Å². The first-order valence-electron chi connectivity index (χ1n) is 4.69. The van der Waals surface area contributed by atoms with E-state index in [1.165, 1.54) is 12.1 Å². The molecule has 0 spiro atoms. The zero-order valence-corrected chi connectivity index (χ0v) is 8.73. The number of aromatic hydroxyl groups is 2. The van der Waals surface area contributed by atoms with E-state index in [9.17, 15) is 15.0 Å². The summed E-state index contributed by atoms with van der Waals surface area (Å²) in [6, 6.07) is 4.17. The summed E-state index contributed by atoms with van der Waals surface area (Å²) in [5, 5.41) is 27.4. The molecular weight excluding hydrogens is 210 g/mol. The summed E-state index contributed by atoms with van der Waals surface area (Å²) in [7, 11) is 0. The summed E-state index contributed by atoms with van der Waals surface area (Å²) in [5.41, 5.74) is 0.194. The quantitative estimate of drug-likeness (QED) is 0.745. The van der Waals surface area contributed by atoms with Crippen molar-refractivity contribution in [2.75, 3.05) is 6.61 Å². The highest BCUT2D eigenvalue weighted by atomic mass is 16.5. The van der Waals surface area contributed by atoms with E-state index >= 15 is 0 Å². The minimum absolute atomic E-state index is 0.0549. The molecule has 2 N–H and O–H groups in total. The number of rotatable bonds is 3. The smallest absolute Gasteiger partial charge is 0.310 e. The van der Waals surface area contributed by atoms with Crippen LogP contribution in [0.1, 0.15) is 18.1 Å². The van der Waals surface area contributed by atoms with Crippen LogP contribution in [0, 0.1) is 11.3 Å². The third-order valence-electron chi connectivity index (χ3n) is 1.92. The summed E-state index contributed by atoms with van der Waals surface area (Å²) < 4.78 is 4.71. The van der Waals surface area contributed by atoms with Crippen molar-refractivity contribution in [2.45, 2.75) is 13.3 Å². The van der Waals surface area contributed by atoms with E-state index in [4.69, 9.17) is 10.00 Å². The summed E-state index contributed by atoms with van der Waals surface area (Å²) in [4.78, 5) is 11.1. The predicted molar refractivity (Wildman–Crippen MR) is 54.8 cm³/mol. The second-order valence-electron chi connectivity index (χ2n) is 3.10. The molecule has 5 nitrogen and oxygen atoms in total. The fourth-order valence-electron chi connectivity index (χ4n) is 1.26. The lowest BCUT2D eigenvalue weighted by atomic mass is 10.1. The number of phenols is 2. The minimum atomic E-state index is -0.453. The van der Waals surface area contributed by atoms with Gasteiger partial charge in [-0.3, -0.25) is 4.79 Å². The number of carbonyl (C=O) groups excluding carboxylic acids is 1. The first-order chi connectivity index (χ1) is 7.58. The van der Waals surface area contributed by atoms with Crippen molar-refractivity contribution in [3.63, 3.8) is 0 Å². The van der Waals surface area contributed by atoms with Crippen LogP contribution in [0.15, 0.2) is 12.1 Å². The maximum absolute atomic E-state index is 11.1. The van der Waals surface area contributed by atoms with Gasteiger partial charge in [0.05, 0.1) is 13.0 Å². The fourth-order valence-corrected chi connectivity index (χ4v) is 1.26. The van der Waals surface area contributed by atoms with Crippen molar-refractivity contribution >= 4 is 5.97 Å².